The van der Waals surface area contributed by atoms with E-state index in [0.29, 0.717) is 0 Å². The van der Waals surface area contributed by atoms with E-state index >= 15 is 0 Å². The van der Waals surface area contributed by atoms with E-state index in [-0.39, 0.29) is 34.9 Å². The molecule has 0 aliphatic heterocycles. The van der Waals surface area contributed by atoms with Crippen LogP contribution in [0.15, 0.2) is 0 Å². The van der Waals surface area contributed by atoms with Crippen LogP contribution in [0.2, 0.25) is 0 Å². The van der Waals surface area contributed by atoms with Crippen molar-refractivity contribution in [2.75, 3.05) is 7.11 Å². The first kappa shape index (κ1) is 16.2. The molecule has 0 aliphatic rings. The van der Waals surface area contributed by atoms with Crippen LogP contribution in [0.5, 0.6) is 0 Å². The third-order valence-corrected chi connectivity index (χ3v) is 0. The minimum absolute atomic E-state index is 0. The Balaban J connectivity index is -0.0000000275. The van der Waals surface area contributed by atoms with E-state index in [1.807, 2.05) is 0 Å². The number of hydrogen-bond acceptors (Lipinski definition) is 3. The van der Waals surface area contributed by atoms with Crippen molar-refractivity contribution >= 4 is 29.6 Å². The van der Waals surface area contributed by atoms with Gasteiger partial charge < -0.3 is 5.11 Å². The molecule has 0 unspecified atom stereocenters. The monoisotopic (exact) mass is 103 g/mol. The summed E-state index contributed by atoms with van der Waals surface area (Å²) in [7, 11) is 1.00. The predicted octanol–water partition coefficient (Wildman–Crippen LogP) is -2.71. The molecule has 0 aromatic carbocycles. The predicted molar refractivity (Wildman–Crippen MR) is 23.0 cm³/mol. The number of rotatable bonds is 0. The summed E-state index contributed by atoms with van der Waals surface area (Å²) in [4.78, 5) is 8.12. The molecule has 0 saturated carbocycles. The Morgan fingerprint density at radius 3 is 1.67 bits per heavy atom. The molecular weight excluding hydrogens is 97.0 g/mol. The summed E-state index contributed by atoms with van der Waals surface area (Å²) >= 11 is 0. The molecule has 0 aliphatic carbocycles. The second-order valence-electron chi connectivity index (χ2n) is 0.0833. The normalized spacial score (nSPS) is 3.00. The number of aliphatic hydroxyl groups is 1. The van der Waals surface area contributed by atoms with Gasteiger partial charge in [-0.1, -0.05) is 0 Å². The molecule has 2 N–H and O–H groups in total. The van der Waals surface area contributed by atoms with Crippen molar-refractivity contribution in [3.63, 3.8) is 0 Å². The molecule has 0 aromatic heterocycles. The van der Waals surface area contributed by atoms with Gasteiger partial charge in [-0.25, -0.2) is 0 Å². The van der Waals surface area contributed by atoms with E-state index in [9.17, 15) is 0 Å². The van der Waals surface area contributed by atoms with Gasteiger partial charge in [0, 0.05) is 12.4 Å². The second-order valence-corrected chi connectivity index (χ2v) is 0.0833. The average molecular weight is 103 g/mol. The molecule has 0 aromatic rings. The molecule has 0 saturated heterocycles. The van der Waals surface area contributed by atoms with Gasteiger partial charge in [0.1, 0.15) is 0 Å². The van der Waals surface area contributed by atoms with Crippen LogP contribution in [0.4, 0.5) is 0 Å². The van der Waals surface area contributed by atoms with Gasteiger partial charge in [0.25, 0.3) is 0 Å². The Kier molecular flexibility index (Phi) is 149. The maximum absolute atomic E-state index is 8.12. The number of hydrogen-bond donors (Lipinski definition) is 2. The molecule has 6 heavy (non-hydrogen) atoms. The van der Waals surface area contributed by atoms with Gasteiger partial charge in [-0.15, -0.1) is 0 Å². The van der Waals surface area contributed by atoms with Crippen molar-refractivity contribution in [3.05, 3.63) is 10.1 Å². The average Bonchev–Trinajstić information content (AvgIpc) is 1.46. The first-order valence-corrected chi connectivity index (χ1v) is 0.855. The van der Waals surface area contributed by atoms with Crippen LogP contribution in [0.25, 0.3) is 0 Å². The zero-order valence-electron chi connectivity index (χ0n) is 2.76. The second kappa shape index (κ2) is 55.1. The third kappa shape index (κ3) is 380. The molecule has 0 radical (unpaired) electrons. The molecule has 0 atom stereocenters. The molecule has 0 bridgehead atoms. The first-order chi connectivity index (χ1) is 2.41. The fraction of sp³-hybridized carbons (Fsp3) is 1.00. The summed E-state index contributed by atoms with van der Waals surface area (Å²) in [6, 6.07) is 0. The molecule has 4 nitrogen and oxygen atoms in total. The van der Waals surface area contributed by atoms with Gasteiger partial charge in [-0.2, -0.15) is 0 Å². The van der Waals surface area contributed by atoms with E-state index < -0.39 is 0 Å². The standard InChI is InChI=1S/CH4O.HNO2.Na.H/c1-2;2-1-3;;/h2H,1H3;1H;;. The molecule has 5 heteroatoms. The summed E-state index contributed by atoms with van der Waals surface area (Å²) in [5, 5.41) is 15.4. The molecule has 34 valence electrons. The van der Waals surface area contributed by atoms with Crippen molar-refractivity contribution in [1.82, 2.24) is 0 Å². The van der Waals surface area contributed by atoms with Gasteiger partial charge in [-0.05, 0) is 0 Å². The van der Waals surface area contributed by atoms with Crippen LogP contribution < -0.4 is 5.34 Å². The van der Waals surface area contributed by atoms with E-state index in [1.165, 1.54) is 0 Å². The van der Waals surface area contributed by atoms with E-state index in [0.717, 1.165) is 7.11 Å². The van der Waals surface area contributed by atoms with Gasteiger partial charge in [0.2, 0.25) is 0 Å². The van der Waals surface area contributed by atoms with Crippen LogP contribution in [-0.2, 0) is 0 Å². The number of nitrogens with one attached hydrogen (secondary N) is 1. The minimum atomic E-state index is 0. The summed E-state index contributed by atoms with van der Waals surface area (Å²) in [5.41, 5.74) is 0. The van der Waals surface area contributed by atoms with E-state index in [1.54, 1.807) is 0 Å². The molecule has 0 amide bonds. The summed E-state index contributed by atoms with van der Waals surface area (Å²) in [6.45, 7) is 0. The fourth-order valence-corrected chi connectivity index (χ4v) is 0. The Bertz CT molecular complexity index is 18.3. The Morgan fingerprint density at radius 2 is 1.67 bits per heavy atom. The molecule has 0 fully saturated rings. The fourth-order valence-electron chi connectivity index (χ4n) is 0. The summed E-state index contributed by atoms with van der Waals surface area (Å²) < 4.78 is 0. The van der Waals surface area contributed by atoms with Crippen molar-refractivity contribution in [3.8, 4) is 0 Å². The van der Waals surface area contributed by atoms with Gasteiger partial charge >= 0.3 is 29.6 Å². The van der Waals surface area contributed by atoms with Gasteiger partial charge in [0.15, 0.2) is 0 Å². The van der Waals surface area contributed by atoms with Crippen LogP contribution in [0, 0.1) is 10.1 Å². The quantitative estimate of drug-likeness (QED) is 0.199. The van der Waals surface area contributed by atoms with Crippen LogP contribution in [-0.4, -0.2) is 41.8 Å². The third-order valence-electron chi connectivity index (χ3n) is 0. The van der Waals surface area contributed by atoms with Crippen molar-refractivity contribution < 1.29 is 10.4 Å². The van der Waals surface area contributed by atoms with Crippen LogP contribution in [0.1, 0.15) is 0 Å². The SMILES string of the molecule is CO.O=[NH+][O-].[NaH]. The zero-order valence-corrected chi connectivity index (χ0v) is 2.76. The number of aliphatic hydroxyl groups excluding tert-OH is 1. The van der Waals surface area contributed by atoms with Gasteiger partial charge in [-0.3, -0.25) is 10.1 Å². The Morgan fingerprint density at radius 1 is 1.67 bits per heavy atom. The molecule has 0 heterocycles. The first-order valence-electron chi connectivity index (χ1n) is 0.855. The molecule has 0 rings (SSSR count). The topological polar surface area (TPSA) is 74.3 Å². The zero-order chi connectivity index (χ0) is 4.71. The van der Waals surface area contributed by atoms with Crippen molar-refractivity contribution in [1.29, 1.82) is 0 Å². The molecule has 0 spiro atoms. The summed E-state index contributed by atoms with van der Waals surface area (Å²) in [5.74, 6) is 0. The van der Waals surface area contributed by atoms with E-state index in [4.69, 9.17) is 15.2 Å². The van der Waals surface area contributed by atoms with Crippen LogP contribution in [0.3, 0.4) is 0 Å². The summed E-state index contributed by atoms with van der Waals surface area (Å²) in [6.07, 6.45) is 0. The molecular formula is CH6NNaO3. The van der Waals surface area contributed by atoms with Crippen molar-refractivity contribution in [2.24, 2.45) is 0 Å². The Labute approximate surface area is 57.4 Å². The maximum atomic E-state index is 8.12. The van der Waals surface area contributed by atoms with E-state index in [2.05, 4.69) is 0 Å². The Hall–Kier alpha value is 0.360. The van der Waals surface area contributed by atoms with Crippen molar-refractivity contribution in [2.45, 2.75) is 0 Å². The van der Waals surface area contributed by atoms with Gasteiger partial charge in [0.05, 0.1) is 0 Å². The van der Waals surface area contributed by atoms with Crippen LogP contribution >= 0.6 is 0 Å².